The van der Waals surface area contributed by atoms with Crippen LogP contribution in [0.15, 0.2) is 0 Å². The average Bonchev–Trinajstić information content (AvgIpc) is 2.79. The predicted octanol–water partition coefficient (Wildman–Crippen LogP) is 1.95. The highest BCUT2D eigenvalue weighted by molar-refractivity contribution is 4.49. The fourth-order valence-corrected chi connectivity index (χ4v) is 1.22. The number of unbranched alkanes of at least 4 members (excludes halogenated alkanes) is 1. The average molecular weight is 234 g/mol. The molecule has 98 valence electrons. The van der Waals surface area contributed by atoms with Gasteiger partial charge in [0.1, 0.15) is 0 Å². The van der Waals surface area contributed by atoms with E-state index in [-0.39, 0.29) is 12.9 Å². The van der Waals surface area contributed by atoms with E-state index in [1.807, 2.05) is 0 Å². The lowest BCUT2D eigenvalue weighted by atomic mass is 10.3. The molecule has 1 aliphatic heterocycles. The second kappa shape index (κ2) is 12.9. The summed E-state index contributed by atoms with van der Waals surface area (Å²) in [6.45, 7) is 7.23. The van der Waals surface area contributed by atoms with Gasteiger partial charge in [-0.25, -0.2) is 0 Å². The maximum absolute atomic E-state index is 8.24. The smallest absolute Gasteiger partial charge is 0.157 e. The molecule has 1 rings (SSSR count). The number of aliphatic hydroxyl groups is 1. The molecule has 1 N–H and O–H groups in total. The van der Waals surface area contributed by atoms with Crippen molar-refractivity contribution in [2.45, 2.75) is 45.8 Å². The van der Waals surface area contributed by atoms with Crippen molar-refractivity contribution in [3.8, 4) is 0 Å². The van der Waals surface area contributed by atoms with E-state index in [4.69, 9.17) is 19.3 Å². The van der Waals surface area contributed by atoms with Crippen LogP contribution in [0.3, 0.4) is 0 Å². The van der Waals surface area contributed by atoms with Crippen molar-refractivity contribution in [1.29, 1.82) is 0 Å². The zero-order chi connectivity index (χ0) is 12.1. The van der Waals surface area contributed by atoms with Crippen LogP contribution in [0.2, 0.25) is 0 Å². The third kappa shape index (κ3) is 10.4. The van der Waals surface area contributed by atoms with Crippen LogP contribution in [0.25, 0.3) is 0 Å². The molecule has 16 heavy (non-hydrogen) atoms. The van der Waals surface area contributed by atoms with Gasteiger partial charge in [-0.3, -0.25) is 0 Å². The summed E-state index contributed by atoms with van der Waals surface area (Å²) in [7, 11) is 0. The summed E-state index contributed by atoms with van der Waals surface area (Å²) in [5.74, 6) is 0. The summed E-state index contributed by atoms with van der Waals surface area (Å²) in [6, 6.07) is 0. The second-order valence-corrected chi connectivity index (χ2v) is 3.65. The molecule has 0 spiro atoms. The van der Waals surface area contributed by atoms with Gasteiger partial charge in [-0.1, -0.05) is 26.7 Å². The first-order chi connectivity index (χ1) is 7.85. The van der Waals surface area contributed by atoms with Crippen LogP contribution >= 0.6 is 0 Å². The molecular weight excluding hydrogens is 208 g/mol. The normalized spacial score (nSPS) is 15.9. The largest absolute Gasteiger partial charge is 0.394 e. The van der Waals surface area contributed by atoms with Crippen LogP contribution in [0.4, 0.5) is 0 Å². The molecule has 0 radical (unpaired) electrons. The highest BCUT2D eigenvalue weighted by Gasteiger charge is 2.13. The maximum Gasteiger partial charge on any atom is 0.157 e. The van der Waals surface area contributed by atoms with Crippen LogP contribution in [0.1, 0.15) is 39.5 Å². The van der Waals surface area contributed by atoms with E-state index in [0.717, 1.165) is 45.5 Å². The first-order valence-corrected chi connectivity index (χ1v) is 6.26. The molecule has 0 saturated carbocycles. The topological polar surface area (TPSA) is 47.9 Å². The number of ether oxygens (including phenoxy) is 3. The monoisotopic (exact) mass is 234 g/mol. The molecule has 0 aromatic heterocycles. The Morgan fingerprint density at radius 3 is 2.31 bits per heavy atom. The van der Waals surface area contributed by atoms with Gasteiger partial charge < -0.3 is 19.3 Å². The molecule has 0 amide bonds. The van der Waals surface area contributed by atoms with Crippen LogP contribution in [-0.4, -0.2) is 44.4 Å². The minimum atomic E-state index is 0.111. The summed E-state index contributed by atoms with van der Waals surface area (Å²) < 4.78 is 15.3. The van der Waals surface area contributed by atoms with Crippen molar-refractivity contribution >= 4 is 0 Å². The van der Waals surface area contributed by atoms with Crippen LogP contribution in [0.5, 0.6) is 0 Å². The minimum Gasteiger partial charge on any atom is -0.394 e. The van der Waals surface area contributed by atoms with Gasteiger partial charge in [-0.15, -0.1) is 0 Å². The molecule has 1 fully saturated rings. The van der Waals surface area contributed by atoms with Crippen LogP contribution in [0, 0.1) is 0 Å². The minimum absolute atomic E-state index is 0.111. The molecule has 1 saturated heterocycles. The van der Waals surface area contributed by atoms with Gasteiger partial charge in [0, 0.05) is 6.61 Å². The molecule has 0 unspecified atom stereocenters. The van der Waals surface area contributed by atoms with Crippen molar-refractivity contribution in [3.05, 3.63) is 0 Å². The standard InChI is InChI=1S/C6H12O2.C6H14O2/c1-2-3-6-7-4-5-8-6;1-2-3-5-8-6-4-7/h6H,2-5H2,1H3;7H,2-6H2,1H3. The lowest BCUT2D eigenvalue weighted by Crippen LogP contribution is -2.05. The molecule has 4 heteroatoms. The van der Waals surface area contributed by atoms with Crippen molar-refractivity contribution < 1.29 is 19.3 Å². The highest BCUT2D eigenvalue weighted by Crippen LogP contribution is 2.08. The Morgan fingerprint density at radius 1 is 1.12 bits per heavy atom. The van der Waals surface area contributed by atoms with E-state index < -0.39 is 0 Å². The fraction of sp³-hybridized carbons (Fsp3) is 1.00. The van der Waals surface area contributed by atoms with E-state index >= 15 is 0 Å². The first-order valence-electron chi connectivity index (χ1n) is 6.26. The van der Waals surface area contributed by atoms with Gasteiger partial charge in [0.2, 0.25) is 0 Å². The fourth-order valence-electron chi connectivity index (χ4n) is 1.22. The second-order valence-electron chi connectivity index (χ2n) is 3.65. The van der Waals surface area contributed by atoms with Gasteiger partial charge >= 0.3 is 0 Å². The molecular formula is C12H26O4. The van der Waals surface area contributed by atoms with Gasteiger partial charge in [0.05, 0.1) is 26.4 Å². The zero-order valence-electron chi connectivity index (χ0n) is 10.6. The van der Waals surface area contributed by atoms with Gasteiger partial charge in [0.15, 0.2) is 6.29 Å². The van der Waals surface area contributed by atoms with Crippen LogP contribution in [-0.2, 0) is 14.2 Å². The Bertz CT molecular complexity index is 118. The highest BCUT2D eigenvalue weighted by atomic mass is 16.7. The summed E-state index contributed by atoms with van der Waals surface area (Å²) in [5.41, 5.74) is 0. The third-order valence-corrected chi connectivity index (χ3v) is 2.09. The summed E-state index contributed by atoms with van der Waals surface area (Å²) in [6.07, 6.45) is 4.55. The van der Waals surface area contributed by atoms with E-state index in [2.05, 4.69) is 13.8 Å². The lowest BCUT2D eigenvalue weighted by Gasteiger charge is -2.04. The Hall–Kier alpha value is -0.160. The summed E-state index contributed by atoms with van der Waals surface area (Å²) in [5, 5.41) is 8.24. The molecule has 0 bridgehead atoms. The Morgan fingerprint density at radius 2 is 1.81 bits per heavy atom. The van der Waals surface area contributed by atoms with E-state index in [0.29, 0.717) is 6.61 Å². The SMILES string of the molecule is CCCC1OCCO1.CCCCOCCO. The number of rotatable bonds is 7. The Labute approximate surface area is 98.9 Å². The molecule has 0 aromatic rings. The quantitative estimate of drug-likeness (QED) is 0.684. The summed E-state index contributed by atoms with van der Waals surface area (Å²) >= 11 is 0. The van der Waals surface area contributed by atoms with E-state index in [1.54, 1.807) is 0 Å². The first kappa shape index (κ1) is 15.8. The van der Waals surface area contributed by atoms with Gasteiger partial charge in [0.25, 0.3) is 0 Å². The van der Waals surface area contributed by atoms with Crippen molar-refractivity contribution in [2.75, 3.05) is 33.0 Å². The molecule has 0 atom stereocenters. The number of hydrogen-bond acceptors (Lipinski definition) is 4. The van der Waals surface area contributed by atoms with Gasteiger partial charge in [-0.2, -0.15) is 0 Å². The Balaban J connectivity index is 0.000000281. The molecule has 0 aliphatic carbocycles. The van der Waals surface area contributed by atoms with Crippen molar-refractivity contribution in [3.63, 3.8) is 0 Å². The maximum atomic E-state index is 8.24. The number of aliphatic hydroxyl groups excluding tert-OH is 1. The van der Waals surface area contributed by atoms with Crippen LogP contribution < -0.4 is 0 Å². The molecule has 4 nitrogen and oxygen atoms in total. The molecule has 0 aromatic carbocycles. The van der Waals surface area contributed by atoms with Crippen molar-refractivity contribution in [1.82, 2.24) is 0 Å². The van der Waals surface area contributed by atoms with Crippen molar-refractivity contribution in [2.24, 2.45) is 0 Å². The molecule has 1 heterocycles. The van der Waals surface area contributed by atoms with E-state index in [1.165, 1.54) is 0 Å². The number of hydrogen-bond donors (Lipinski definition) is 1. The Kier molecular flexibility index (Phi) is 12.8. The lowest BCUT2D eigenvalue weighted by molar-refractivity contribution is -0.0468. The van der Waals surface area contributed by atoms with E-state index in [9.17, 15) is 0 Å². The molecule has 1 aliphatic rings. The third-order valence-electron chi connectivity index (χ3n) is 2.09. The summed E-state index contributed by atoms with van der Waals surface area (Å²) in [4.78, 5) is 0. The predicted molar refractivity (Wildman–Crippen MR) is 63.4 cm³/mol. The van der Waals surface area contributed by atoms with Gasteiger partial charge in [-0.05, 0) is 12.8 Å². The zero-order valence-corrected chi connectivity index (χ0v) is 10.6.